The molecule has 2 aromatic heterocycles. The summed E-state index contributed by atoms with van der Waals surface area (Å²) in [6, 6.07) is 0. The van der Waals surface area contributed by atoms with Gasteiger partial charge in [0, 0.05) is 5.59 Å². The van der Waals surface area contributed by atoms with Crippen molar-refractivity contribution in [1.82, 2.24) is 19.9 Å². The van der Waals surface area contributed by atoms with Gasteiger partial charge in [-0.25, -0.2) is 9.97 Å². The zero-order valence-electron chi connectivity index (χ0n) is 6.37. The number of nitrogens with one attached hydrogen (secondary N) is 1. The van der Waals surface area contributed by atoms with Gasteiger partial charge in [-0.3, -0.25) is 0 Å². The molecule has 0 unspecified atom stereocenters. The molecule has 0 aliphatic rings. The van der Waals surface area contributed by atoms with E-state index >= 15 is 0 Å². The van der Waals surface area contributed by atoms with Crippen molar-refractivity contribution < 1.29 is 4.39 Å². The second-order valence-corrected chi connectivity index (χ2v) is 2.27. The van der Waals surface area contributed by atoms with Crippen LogP contribution >= 0.6 is 0 Å². The van der Waals surface area contributed by atoms with Crippen LogP contribution < -0.4 is 5.59 Å². The zero-order valence-corrected chi connectivity index (χ0v) is 6.37. The minimum absolute atomic E-state index is 0.357. The van der Waals surface area contributed by atoms with E-state index in [1.54, 1.807) is 14.1 Å². The standard InChI is InChI=1S/C6H5BFN4/c1-7-4-3-5(10-2-9-3)12-6(8)11-4/h2H,1H3,(H,9,10,11,12). The normalized spacial score (nSPS) is 10.5. The number of halogens is 1. The van der Waals surface area contributed by atoms with Crippen LogP contribution in [0.4, 0.5) is 4.39 Å². The molecule has 0 aromatic carbocycles. The summed E-state index contributed by atoms with van der Waals surface area (Å²) in [5.41, 5.74) is 1.56. The molecule has 0 saturated heterocycles. The summed E-state index contributed by atoms with van der Waals surface area (Å²) in [4.78, 5) is 13.7. The Bertz CT molecular complexity index is 413. The van der Waals surface area contributed by atoms with Gasteiger partial charge in [-0.15, -0.1) is 0 Å². The number of hydrogen-bond donors (Lipinski definition) is 1. The summed E-state index contributed by atoms with van der Waals surface area (Å²) in [6.45, 7) is 1.78. The fraction of sp³-hybridized carbons (Fsp3) is 0.167. The van der Waals surface area contributed by atoms with Crippen LogP contribution in [-0.4, -0.2) is 27.2 Å². The molecule has 0 aliphatic carbocycles. The number of aromatic amines is 1. The summed E-state index contributed by atoms with van der Waals surface area (Å²) in [5, 5.41) is 0. The first kappa shape index (κ1) is 7.21. The first-order chi connectivity index (χ1) is 5.81. The van der Waals surface area contributed by atoms with E-state index in [1.165, 1.54) is 6.33 Å². The number of fused-ring (bicyclic) bond motifs is 1. The molecule has 0 spiro atoms. The highest BCUT2D eigenvalue weighted by Crippen LogP contribution is 2.00. The molecule has 4 nitrogen and oxygen atoms in total. The lowest BCUT2D eigenvalue weighted by molar-refractivity contribution is 0.547. The molecule has 6 heteroatoms. The highest BCUT2D eigenvalue weighted by atomic mass is 19.1. The molecule has 0 saturated carbocycles. The number of nitrogens with zero attached hydrogens (tertiary/aromatic N) is 3. The van der Waals surface area contributed by atoms with Crippen molar-refractivity contribution in [3.05, 3.63) is 12.4 Å². The maximum Gasteiger partial charge on any atom is 0.310 e. The van der Waals surface area contributed by atoms with Gasteiger partial charge in [-0.1, -0.05) is 6.82 Å². The molecule has 2 rings (SSSR count). The van der Waals surface area contributed by atoms with Crippen LogP contribution in [-0.2, 0) is 0 Å². The second-order valence-electron chi connectivity index (χ2n) is 2.27. The Morgan fingerprint density at radius 2 is 2.33 bits per heavy atom. The molecule has 2 aromatic rings. The molecular weight excluding hydrogens is 158 g/mol. The third-order valence-corrected chi connectivity index (χ3v) is 1.56. The van der Waals surface area contributed by atoms with E-state index < -0.39 is 6.08 Å². The van der Waals surface area contributed by atoms with Crippen LogP contribution in [0.5, 0.6) is 0 Å². The average Bonchev–Trinajstić information content (AvgIpc) is 2.50. The number of aromatic nitrogens is 4. The fourth-order valence-electron chi connectivity index (χ4n) is 1.04. The third-order valence-electron chi connectivity index (χ3n) is 1.56. The number of imidazole rings is 1. The molecule has 12 heavy (non-hydrogen) atoms. The molecule has 0 aliphatic heterocycles. The molecule has 0 bridgehead atoms. The smallest absolute Gasteiger partial charge is 0.310 e. The third kappa shape index (κ3) is 0.957. The number of hydrogen-bond acceptors (Lipinski definition) is 3. The fourth-order valence-corrected chi connectivity index (χ4v) is 1.04. The van der Waals surface area contributed by atoms with Gasteiger partial charge in [-0.05, 0) is 0 Å². The second kappa shape index (κ2) is 2.55. The minimum Gasteiger partial charge on any atom is -0.342 e. The van der Waals surface area contributed by atoms with Gasteiger partial charge < -0.3 is 4.98 Å². The Balaban J connectivity index is 2.80. The molecular formula is C6H5BFN4. The van der Waals surface area contributed by atoms with E-state index in [1.807, 2.05) is 0 Å². The zero-order chi connectivity index (χ0) is 8.55. The molecule has 1 radical (unpaired) electrons. The highest BCUT2D eigenvalue weighted by molar-refractivity contribution is 6.54. The maximum absolute atomic E-state index is 12.7. The van der Waals surface area contributed by atoms with Crippen LogP contribution in [0.1, 0.15) is 0 Å². The van der Waals surface area contributed by atoms with Crippen molar-refractivity contribution >= 4 is 24.0 Å². The molecule has 0 atom stereocenters. The summed E-state index contributed by atoms with van der Waals surface area (Å²) >= 11 is 0. The van der Waals surface area contributed by atoms with Crippen LogP contribution in [0.2, 0.25) is 6.82 Å². The minimum atomic E-state index is -0.747. The SMILES string of the molecule is C[B]c1nc(F)nc2nc[nH]c12. The largest absolute Gasteiger partial charge is 0.342 e. The lowest BCUT2D eigenvalue weighted by atomic mass is 9.77. The molecule has 0 amide bonds. The monoisotopic (exact) mass is 163 g/mol. The van der Waals surface area contributed by atoms with Gasteiger partial charge in [0.25, 0.3) is 0 Å². The average molecular weight is 163 g/mol. The van der Waals surface area contributed by atoms with Crippen LogP contribution in [0.15, 0.2) is 6.33 Å². The van der Waals surface area contributed by atoms with Gasteiger partial charge in [0.15, 0.2) is 12.9 Å². The van der Waals surface area contributed by atoms with Crippen molar-refractivity contribution in [3.8, 4) is 0 Å². The first-order valence-electron chi connectivity index (χ1n) is 3.47. The van der Waals surface area contributed by atoms with Crippen LogP contribution in [0.25, 0.3) is 11.2 Å². The van der Waals surface area contributed by atoms with Gasteiger partial charge in [0.2, 0.25) is 0 Å². The van der Waals surface area contributed by atoms with Crippen molar-refractivity contribution in [3.63, 3.8) is 0 Å². The van der Waals surface area contributed by atoms with E-state index in [4.69, 9.17) is 0 Å². The van der Waals surface area contributed by atoms with E-state index in [0.717, 1.165) is 0 Å². The molecule has 2 heterocycles. The Kier molecular flexibility index (Phi) is 1.53. The Labute approximate surface area is 68.5 Å². The Morgan fingerprint density at radius 1 is 1.50 bits per heavy atom. The van der Waals surface area contributed by atoms with Crippen LogP contribution in [0.3, 0.4) is 0 Å². The van der Waals surface area contributed by atoms with Gasteiger partial charge in [0.1, 0.15) is 0 Å². The van der Waals surface area contributed by atoms with Crippen molar-refractivity contribution in [2.75, 3.05) is 0 Å². The summed E-state index contributed by atoms with van der Waals surface area (Å²) in [7, 11) is 1.70. The van der Waals surface area contributed by atoms with E-state index in [-0.39, 0.29) is 0 Å². The van der Waals surface area contributed by atoms with Crippen LogP contribution in [0, 0.1) is 6.08 Å². The van der Waals surface area contributed by atoms with E-state index in [2.05, 4.69) is 19.9 Å². The van der Waals surface area contributed by atoms with Gasteiger partial charge in [-0.2, -0.15) is 9.37 Å². The lowest BCUT2D eigenvalue weighted by Crippen LogP contribution is -2.19. The van der Waals surface area contributed by atoms with E-state index in [9.17, 15) is 4.39 Å². The lowest BCUT2D eigenvalue weighted by Gasteiger charge is -1.95. The Morgan fingerprint density at radius 3 is 3.08 bits per heavy atom. The van der Waals surface area contributed by atoms with Gasteiger partial charge >= 0.3 is 6.08 Å². The van der Waals surface area contributed by atoms with Crippen molar-refractivity contribution in [1.29, 1.82) is 0 Å². The summed E-state index contributed by atoms with van der Waals surface area (Å²) < 4.78 is 12.7. The molecule has 0 fully saturated rings. The van der Waals surface area contributed by atoms with Crippen molar-refractivity contribution in [2.45, 2.75) is 6.82 Å². The molecule has 1 N–H and O–H groups in total. The first-order valence-corrected chi connectivity index (χ1v) is 3.47. The highest BCUT2D eigenvalue weighted by Gasteiger charge is 2.07. The van der Waals surface area contributed by atoms with Crippen molar-refractivity contribution in [2.24, 2.45) is 0 Å². The maximum atomic E-state index is 12.7. The number of H-pyrrole nitrogens is 1. The topological polar surface area (TPSA) is 54.5 Å². The van der Waals surface area contributed by atoms with E-state index in [0.29, 0.717) is 16.8 Å². The van der Waals surface area contributed by atoms with Gasteiger partial charge in [0.05, 0.1) is 11.8 Å². The predicted octanol–water partition coefficient (Wildman–Crippen LogP) is -0.130. The summed E-state index contributed by atoms with van der Waals surface area (Å²) in [6.07, 6.45) is 0.717. The number of rotatable bonds is 1. The Hall–Kier alpha value is -1.46. The molecule has 59 valence electrons. The predicted molar refractivity (Wildman–Crippen MR) is 42.9 cm³/mol. The quantitative estimate of drug-likeness (QED) is 0.470. The summed E-state index contributed by atoms with van der Waals surface area (Å²) in [5.74, 6) is 0.